The van der Waals surface area contributed by atoms with Gasteiger partial charge in [0.2, 0.25) is 0 Å². The molecule has 1 saturated heterocycles. The Morgan fingerprint density at radius 3 is 2.58 bits per heavy atom. The fourth-order valence-electron chi connectivity index (χ4n) is 4.89. The van der Waals surface area contributed by atoms with Gasteiger partial charge in [0.05, 0.1) is 23.6 Å². The summed E-state index contributed by atoms with van der Waals surface area (Å²) in [5.41, 5.74) is 4.06. The van der Waals surface area contributed by atoms with E-state index < -0.39 is 22.9 Å². The van der Waals surface area contributed by atoms with Crippen molar-refractivity contribution in [2.45, 2.75) is 58.2 Å². The third-order valence-electron chi connectivity index (χ3n) is 7.08. The molecule has 2 atom stereocenters. The van der Waals surface area contributed by atoms with Crippen molar-refractivity contribution in [3.63, 3.8) is 0 Å². The lowest BCUT2D eigenvalue weighted by Gasteiger charge is -2.47. The molecule has 4 rings (SSSR count). The lowest BCUT2D eigenvalue weighted by molar-refractivity contribution is 0.0830. The third kappa shape index (κ3) is 8.22. The fourth-order valence-corrected chi connectivity index (χ4v) is 7.51. The molecular weight excluding hydrogens is 544 g/mol. The van der Waals surface area contributed by atoms with Gasteiger partial charge in [-0.2, -0.15) is 0 Å². The van der Waals surface area contributed by atoms with E-state index in [-0.39, 0.29) is 5.91 Å². The van der Waals surface area contributed by atoms with Crippen molar-refractivity contribution < 1.29 is 19.0 Å². The van der Waals surface area contributed by atoms with Gasteiger partial charge in [0.15, 0.2) is 0 Å². The average molecular weight is 587 g/mol. The summed E-state index contributed by atoms with van der Waals surface area (Å²) in [5, 5.41) is 23.0. The van der Waals surface area contributed by atoms with Gasteiger partial charge in [-0.05, 0) is 73.4 Å². The molecule has 2 heterocycles. The lowest BCUT2D eigenvalue weighted by Crippen LogP contribution is -2.48. The molecule has 2 aromatic carbocycles. The summed E-state index contributed by atoms with van der Waals surface area (Å²) >= 11 is 1.71. The molecule has 0 saturated carbocycles. The summed E-state index contributed by atoms with van der Waals surface area (Å²) in [6.45, 7) is 6.27. The SMILES string of the molecule is CCNc1cc(C(=O)NC(Cc2ccccc2)C(O)CNCc2cc(CC)cs2)cc(N2CCCCS2(O)O)c1. The second-order valence-corrected chi connectivity index (χ2v) is 13.3. The highest BCUT2D eigenvalue weighted by atomic mass is 32.3. The first-order valence-corrected chi connectivity index (χ1v) is 16.6. The zero-order valence-electron chi connectivity index (χ0n) is 23.3. The number of amides is 1. The van der Waals surface area contributed by atoms with Crippen LogP contribution in [-0.4, -0.2) is 57.7 Å². The fraction of sp³-hybridized carbons (Fsp3) is 0.433. The molecule has 0 radical (unpaired) electrons. The number of aryl methyl sites for hydroxylation is 1. The van der Waals surface area contributed by atoms with Crippen molar-refractivity contribution in [1.82, 2.24) is 10.6 Å². The molecule has 6 N–H and O–H groups in total. The predicted molar refractivity (Wildman–Crippen MR) is 168 cm³/mol. The Morgan fingerprint density at radius 2 is 1.88 bits per heavy atom. The minimum atomic E-state index is -2.94. The van der Waals surface area contributed by atoms with Crippen molar-refractivity contribution in [2.75, 3.05) is 35.0 Å². The van der Waals surface area contributed by atoms with Gasteiger partial charge in [0, 0.05) is 42.3 Å². The number of nitrogens with one attached hydrogen (secondary N) is 3. The largest absolute Gasteiger partial charge is 0.390 e. The summed E-state index contributed by atoms with van der Waals surface area (Å²) in [7, 11) is -2.94. The molecule has 1 amide bonds. The maximum Gasteiger partial charge on any atom is 0.251 e. The molecule has 1 aliphatic rings. The number of carbonyl (C=O) groups is 1. The molecule has 0 aliphatic carbocycles. The molecule has 1 aromatic heterocycles. The summed E-state index contributed by atoms with van der Waals surface area (Å²) in [5.74, 6) is 0.00380. The molecule has 40 heavy (non-hydrogen) atoms. The van der Waals surface area contributed by atoms with Gasteiger partial charge in [-0.3, -0.25) is 18.2 Å². The number of carbonyl (C=O) groups excluding carboxylic acids is 1. The van der Waals surface area contributed by atoms with Crippen LogP contribution < -0.4 is 20.3 Å². The van der Waals surface area contributed by atoms with Gasteiger partial charge in [0.25, 0.3) is 5.91 Å². The van der Waals surface area contributed by atoms with Gasteiger partial charge in [-0.1, -0.05) is 37.3 Å². The van der Waals surface area contributed by atoms with Gasteiger partial charge < -0.3 is 21.1 Å². The van der Waals surface area contributed by atoms with E-state index in [0.717, 1.165) is 30.5 Å². The van der Waals surface area contributed by atoms with Crippen molar-refractivity contribution in [1.29, 1.82) is 0 Å². The number of benzene rings is 2. The Labute approximate surface area is 243 Å². The van der Waals surface area contributed by atoms with Crippen molar-refractivity contribution >= 4 is 39.4 Å². The highest BCUT2D eigenvalue weighted by molar-refractivity contribution is 8.25. The van der Waals surface area contributed by atoms with Crippen LogP contribution in [0.4, 0.5) is 11.4 Å². The Morgan fingerprint density at radius 1 is 1.07 bits per heavy atom. The van der Waals surface area contributed by atoms with Gasteiger partial charge in [0.1, 0.15) is 0 Å². The molecule has 218 valence electrons. The number of hydrogen-bond acceptors (Lipinski definition) is 8. The summed E-state index contributed by atoms with van der Waals surface area (Å²) in [6, 6.07) is 16.8. The van der Waals surface area contributed by atoms with Crippen LogP contribution in [0.2, 0.25) is 0 Å². The molecule has 10 heteroatoms. The van der Waals surface area contributed by atoms with Crippen molar-refractivity contribution in [3.8, 4) is 0 Å². The van der Waals surface area contributed by atoms with E-state index in [1.807, 2.05) is 43.3 Å². The molecule has 1 fully saturated rings. The quantitative estimate of drug-likeness (QED) is 0.157. The van der Waals surface area contributed by atoms with E-state index in [2.05, 4.69) is 34.3 Å². The van der Waals surface area contributed by atoms with Crippen LogP contribution >= 0.6 is 22.1 Å². The second kappa shape index (κ2) is 14.3. The molecule has 3 aromatic rings. The third-order valence-corrected chi connectivity index (χ3v) is 10.0. The predicted octanol–water partition coefficient (Wildman–Crippen LogP) is 5.50. The first kappa shape index (κ1) is 30.4. The number of rotatable bonds is 13. The van der Waals surface area contributed by atoms with Crippen LogP contribution in [0.5, 0.6) is 0 Å². The zero-order chi connectivity index (χ0) is 28.5. The van der Waals surface area contributed by atoms with Gasteiger partial charge >= 0.3 is 0 Å². The van der Waals surface area contributed by atoms with Crippen LogP contribution in [0, 0.1) is 0 Å². The molecule has 2 unspecified atom stereocenters. The summed E-state index contributed by atoms with van der Waals surface area (Å²) in [4.78, 5) is 14.8. The standard InChI is InChI=1S/C30H42N4O4S2/c1-3-22-14-27(39-21-22)19-31-20-29(35)28(15-23-10-6-5-7-11-23)33-30(36)24-16-25(32-4-2)18-26(17-24)34-12-8-9-13-40(34,37)38/h5-7,10-11,14,16-18,21,28-29,31-32,35,37-38H,3-4,8-9,12-13,15,19-20H2,1-2H3,(H,33,36). The number of aliphatic hydroxyl groups is 1. The van der Waals surface area contributed by atoms with Crippen LogP contribution in [0.25, 0.3) is 0 Å². The van der Waals surface area contributed by atoms with E-state index in [1.54, 1.807) is 27.8 Å². The smallest absolute Gasteiger partial charge is 0.251 e. The Kier molecular flexibility index (Phi) is 10.9. The number of anilines is 2. The molecule has 1 aliphatic heterocycles. The van der Waals surface area contributed by atoms with Gasteiger partial charge in [-0.25, -0.2) is 0 Å². The van der Waals surface area contributed by atoms with Crippen LogP contribution in [0.15, 0.2) is 60.0 Å². The molecule has 0 bridgehead atoms. The van der Waals surface area contributed by atoms with Crippen LogP contribution in [-0.2, 0) is 19.4 Å². The minimum Gasteiger partial charge on any atom is -0.390 e. The maximum atomic E-state index is 13.6. The summed E-state index contributed by atoms with van der Waals surface area (Å²) < 4.78 is 23.0. The molecule has 0 spiro atoms. The van der Waals surface area contributed by atoms with Crippen LogP contribution in [0.1, 0.15) is 53.1 Å². The normalized spacial score (nSPS) is 17.2. The average Bonchev–Trinajstić information content (AvgIpc) is 3.41. The Bertz CT molecular complexity index is 1240. The molecular formula is C30H42N4O4S2. The van der Waals surface area contributed by atoms with Crippen molar-refractivity contribution in [3.05, 3.63) is 81.5 Å². The van der Waals surface area contributed by atoms with E-state index in [9.17, 15) is 19.0 Å². The minimum absolute atomic E-state index is 0.319. The zero-order valence-corrected chi connectivity index (χ0v) is 24.9. The van der Waals surface area contributed by atoms with E-state index in [0.29, 0.717) is 49.6 Å². The summed E-state index contributed by atoms with van der Waals surface area (Å²) in [6.07, 6.45) is 2.27. The lowest BCUT2D eigenvalue weighted by atomic mass is 10.00. The number of nitrogens with zero attached hydrogens (tertiary/aromatic N) is 1. The Hall–Kier alpha value is -2.60. The number of thiophene rings is 1. The molecule has 8 nitrogen and oxygen atoms in total. The van der Waals surface area contributed by atoms with E-state index >= 15 is 0 Å². The van der Waals surface area contributed by atoms with Crippen molar-refractivity contribution in [2.24, 2.45) is 0 Å². The number of aliphatic hydroxyl groups excluding tert-OH is 1. The maximum absolute atomic E-state index is 13.6. The second-order valence-electron chi connectivity index (χ2n) is 10.2. The number of hydrogen-bond donors (Lipinski definition) is 6. The first-order valence-electron chi connectivity index (χ1n) is 14.0. The van der Waals surface area contributed by atoms with E-state index in [4.69, 9.17) is 0 Å². The van der Waals surface area contributed by atoms with Crippen LogP contribution in [0.3, 0.4) is 0 Å². The first-order chi connectivity index (χ1) is 19.3. The monoisotopic (exact) mass is 586 g/mol. The Balaban J connectivity index is 1.52. The highest BCUT2D eigenvalue weighted by Gasteiger charge is 2.28. The van der Waals surface area contributed by atoms with E-state index in [1.165, 1.54) is 10.4 Å². The van der Waals surface area contributed by atoms with Gasteiger partial charge in [-0.15, -0.1) is 22.1 Å². The topological polar surface area (TPSA) is 117 Å². The highest BCUT2D eigenvalue weighted by Crippen LogP contribution is 2.50.